The molecule has 1 aliphatic rings. The molecule has 1 saturated heterocycles. The van der Waals surface area contributed by atoms with Crippen LogP contribution in [0, 0.1) is 5.92 Å². The highest BCUT2D eigenvalue weighted by atomic mass is 16.6. The monoisotopic (exact) mass is 244 g/mol. The Labute approximate surface area is 101 Å². The molecule has 3 N–H and O–H groups in total. The molecule has 0 saturated carbocycles. The molecule has 0 radical (unpaired) electrons. The molecule has 0 unspecified atom stereocenters. The van der Waals surface area contributed by atoms with Gasteiger partial charge in [0, 0.05) is 19.1 Å². The summed E-state index contributed by atoms with van der Waals surface area (Å²) >= 11 is 0. The molecule has 1 fully saturated rings. The molecule has 6 nitrogen and oxygen atoms in total. The van der Waals surface area contributed by atoms with Gasteiger partial charge in [-0.05, 0) is 27.2 Å². The fraction of sp³-hybridized carbons (Fsp3) is 0.818. The number of likely N-dealkylation sites (tertiary alicyclic amines) is 1. The number of piperidine rings is 1. The van der Waals surface area contributed by atoms with Gasteiger partial charge in [0.25, 0.3) is 0 Å². The van der Waals surface area contributed by atoms with E-state index < -0.39 is 23.6 Å². The minimum Gasteiger partial charge on any atom is -0.481 e. The average Bonchev–Trinajstić information content (AvgIpc) is 2.13. The maximum Gasteiger partial charge on any atom is 0.410 e. The van der Waals surface area contributed by atoms with E-state index in [0.717, 1.165) is 0 Å². The molecule has 1 aliphatic heterocycles. The molecule has 0 aromatic heterocycles. The van der Waals surface area contributed by atoms with E-state index in [1.165, 1.54) is 4.90 Å². The highest BCUT2D eigenvalue weighted by Crippen LogP contribution is 2.18. The van der Waals surface area contributed by atoms with Crippen molar-refractivity contribution >= 4 is 12.1 Å². The molecule has 0 aliphatic carbocycles. The van der Waals surface area contributed by atoms with Crippen molar-refractivity contribution in [1.29, 1.82) is 0 Å². The zero-order valence-electron chi connectivity index (χ0n) is 10.5. The van der Waals surface area contributed by atoms with E-state index >= 15 is 0 Å². The Bertz CT molecular complexity index is 311. The number of carboxylic acids is 1. The number of carboxylic acid groups (broad SMARTS) is 1. The summed E-state index contributed by atoms with van der Waals surface area (Å²) in [5, 5.41) is 8.95. The quantitative estimate of drug-likeness (QED) is 0.706. The minimum atomic E-state index is -0.922. The molecule has 1 amide bonds. The Kier molecular flexibility index (Phi) is 3.98. The van der Waals surface area contributed by atoms with Crippen molar-refractivity contribution in [1.82, 2.24) is 4.90 Å². The van der Waals surface area contributed by atoms with Crippen molar-refractivity contribution in [3.8, 4) is 0 Å². The number of nitrogens with two attached hydrogens (primary N) is 1. The molecule has 0 spiro atoms. The van der Waals surface area contributed by atoms with Crippen molar-refractivity contribution in [2.75, 3.05) is 13.1 Å². The third kappa shape index (κ3) is 4.22. The summed E-state index contributed by atoms with van der Waals surface area (Å²) in [6.07, 6.45) is -0.104. The van der Waals surface area contributed by atoms with E-state index in [0.29, 0.717) is 13.0 Å². The SMILES string of the molecule is CC(C)(C)OC(=O)N1C[C@H](N)C[C@@H](C(=O)O)C1. The number of hydrogen-bond donors (Lipinski definition) is 2. The molecule has 1 heterocycles. The highest BCUT2D eigenvalue weighted by Gasteiger charge is 2.34. The van der Waals surface area contributed by atoms with E-state index in [9.17, 15) is 9.59 Å². The fourth-order valence-electron chi connectivity index (χ4n) is 1.79. The van der Waals surface area contributed by atoms with Gasteiger partial charge in [-0.1, -0.05) is 0 Å². The maximum absolute atomic E-state index is 11.8. The predicted molar refractivity (Wildman–Crippen MR) is 61.5 cm³/mol. The number of amides is 1. The molecule has 0 aromatic carbocycles. The summed E-state index contributed by atoms with van der Waals surface area (Å²) in [6.45, 7) is 5.81. The second kappa shape index (κ2) is 4.91. The van der Waals surface area contributed by atoms with Crippen LogP contribution in [0.4, 0.5) is 4.79 Å². The number of hydrogen-bond acceptors (Lipinski definition) is 4. The van der Waals surface area contributed by atoms with Crippen LogP contribution in [-0.4, -0.2) is 46.8 Å². The topological polar surface area (TPSA) is 92.9 Å². The first kappa shape index (κ1) is 13.8. The Morgan fingerprint density at radius 2 is 1.94 bits per heavy atom. The molecule has 17 heavy (non-hydrogen) atoms. The third-order valence-corrected chi connectivity index (χ3v) is 2.48. The van der Waals surface area contributed by atoms with Crippen LogP contribution < -0.4 is 5.73 Å². The van der Waals surface area contributed by atoms with Gasteiger partial charge in [-0.25, -0.2) is 4.79 Å². The highest BCUT2D eigenvalue weighted by molar-refractivity contribution is 5.73. The Morgan fingerprint density at radius 1 is 1.35 bits per heavy atom. The van der Waals surface area contributed by atoms with Gasteiger partial charge >= 0.3 is 12.1 Å². The summed E-state index contributed by atoms with van der Waals surface area (Å²) < 4.78 is 5.19. The Balaban J connectivity index is 2.64. The minimum absolute atomic E-state index is 0.165. The molecule has 0 aromatic rings. The van der Waals surface area contributed by atoms with Crippen LogP contribution in [0.5, 0.6) is 0 Å². The average molecular weight is 244 g/mol. The van der Waals surface area contributed by atoms with E-state index in [4.69, 9.17) is 15.6 Å². The number of nitrogens with zero attached hydrogens (tertiary/aromatic N) is 1. The smallest absolute Gasteiger partial charge is 0.410 e. The van der Waals surface area contributed by atoms with Gasteiger partial charge in [0.15, 0.2) is 0 Å². The van der Waals surface area contributed by atoms with Gasteiger partial charge in [0.05, 0.1) is 5.92 Å². The van der Waals surface area contributed by atoms with Crippen LogP contribution >= 0.6 is 0 Å². The lowest BCUT2D eigenvalue weighted by Gasteiger charge is -2.35. The van der Waals surface area contributed by atoms with Gasteiger partial charge in [-0.15, -0.1) is 0 Å². The van der Waals surface area contributed by atoms with E-state index in [1.807, 2.05) is 0 Å². The van der Waals surface area contributed by atoms with Crippen molar-refractivity contribution in [3.63, 3.8) is 0 Å². The molecule has 2 atom stereocenters. The van der Waals surface area contributed by atoms with Crippen molar-refractivity contribution < 1.29 is 19.4 Å². The van der Waals surface area contributed by atoms with E-state index in [2.05, 4.69) is 0 Å². The lowest BCUT2D eigenvalue weighted by molar-refractivity contribution is -0.143. The first-order valence-electron chi connectivity index (χ1n) is 5.65. The molecule has 1 rings (SSSR count). The summed E-state index contributed by atoms with van der Waals surface area (Å²) in [5.74, 6) is -1.53. The Hall–Kier alpha value is -1.30. The van der Waals surface area contributed by atoms with Gasteiger partial charge in [0.1, 0.15) is 5.60 Å². The van der Waals surface area contributed by atoms with Crippen molar-refractivity contribution in [2.45, 2.75) is 38.8 Å². The van der Waals surface area contributed by atoms with Crippen LogP contribution in [0.15, 0.2) is 0 Å². The number of ether oxygens (including phenoxy) is 1. The van der Waals surface area contributed by atoms with Crippen LogP contribution in [-0.2, 0) is 9.53 Å². The lowest BCUT2D eigenvalue weighted by atomic mass is 9.95. The third-order valence-electron chi connectivity index (χ3n) is 2.48. The molecular weight excluding hydrogens is 224 g/mol. The fourth-order valence-corrected chi connectivity index (χ4v) is 1.79. The molecular formula is C11H20N2O4. The number of carbonyl (C=O) groups is 2. The number of carbonyl (C=O) groups excluding carboxylic acids is 1. The van der Waals surface area contributed by atoms with Crippen molar-refractivity contribution in [2.24, 2.45) is 11.7 Å². The van der Waals surface area contributed by atoms with Crippen molar-refractivity contribution in [3.05, 3.63) is 0 Å². The van der Waals surface area contributed by atoms with Crippen LogP contribution in [0.2, 0.25) is 0 Å². The van der Waals surface area contributed by atoms with Gasteiger partial charge in [-0.2, -0.15) is 0 Å². The van der Waals surface area contributed by atoms with E-state index in [-0.39, 0.29) is 12.6 Å². The second-order valence-corrected chi connectivity index (χ2v) is 5.42. The number of aliphatic carboxylic acids is 1. The van der Waals surface area contributed by atoms with Crippen LogP contribution in [0.25, 0.3) is 0 Å². The summed E-state index contributed by atoms with van der Waals surface area (Å²) in [6, 6.07) is -0.308. The summed E-state index contributed by atoms with van der Waals surface area (Å²) in [4.78, 5) is 24.1. The molecule has 6 heteroatoms. The first-order chi connectivity index (χ1) is 7.69. The Morgan fingerprint density at radius 3 is 2.41 bits per heavy atom. The van der Waals surface area contributed by atoms with Gasteiger partial charge < -0.3 is 20.5 Å². The summed E-state index contributed by atoms with van der Waals surface area (Å²) in [7, 11) is 0. The van der Waals surface area contributed by atoms with E-state index in [1.54, 1.807) is 20.8 Å². The standard InChI is InChI=1S/C11H20N2O4/c1-11(2,3)17-10(16)13-5-7(9(14)15)4-8(12)6-13/h7-8H,4-6,12H2,1-3H3,(H,14,15)/t7-,8-/m1/s1. The van der Waals surface area contributed by atoms with Crippen LogP contribution in [0.3, 0.4) is 0 Å². The zero-order chi connectivity index (χ0) is 13.2. The predicted octanol–water partition coefficient (Wildman–Crippen LogP) is 0.655. The molecule has 0 bridgehead atoms. The lowest BCUT2D eigenvalue weighted by Crippen LogP contribution is -2.52. The van der Waals surface area contributed by atoms with Crippen LogP contribution in [0.1, 0.15) is 27.2 Å². The maximum atomic E-state index is 11.8. The summed E-state index contributed by atoms with van der Waals surface area (Å²) in [5.41, 5.74) is 5.16. The van der Waals surface area contributed by atoms with Gasteiger partial charge in [-0.3, -0.25) is 4.79 Å². The number of rotatable bonds is 1. The normalized spacial score (nSPS) is 25.5. The largest absolute Gasteiger partial charge is 0.481 e. The zero-order valence-corrected chi connectivity index (χ0v) is 10.5. The second-order valence-electron chi connectivity index (χ2n) is 5.42. The molecule has 98 valence electrons. The van der Waals surface area contributed by atoms with Gasteiger partial charge in [0.2, 0.25) is 0 Å². The first-order valence-corrected chi connectivity index (χ1v) is 5.65.